The van der Waals surface area contributed by atoms with Gasteiger partial charge in [-0.1, -0.05) is 28.1 Å². The van der Waals surface area contributed by atoms with Gasteiger partial charge < -0.3 is 5.32 Å². The first kappa shape index (κ1) is 18.2. The van der Waals surface area contributed by atoms with Crippen LogP contribution in [0.3, 0.4) is 0 Å². The highest BCUT2D eigenvalue weighted by molar-refractivity contribution is 9.10. The summed E-state index contributed by atoms with van der Waals surface area (Å²) in [6.45, 7) is 1.04. The van der Waals surface area contributed by atoms with Gasteiger partial charge in [0, 0.05) is 42.3 Å². The van der Waals surface area contributed by atoms with Crippen molar-refractivity contribution in [3.63, 3.8) is 0 Å². The van der Waals surface area contributed by atoms with Crippen LogP contribution < -0.4 is 10.6 Å². The second-order valence-corrected chi connectivity index (χ2v) is 6.71. The minimum Gasteiger partial charge on any atom is -0.350 e. The van der Waals surface area contributed by atoms with Gasteiger partial charge in [0.05, 0.1) is 0 Å². The molecular weight excluding hydrogens is 392 g/mol. The monoisotopic (exact) mass is 410 g/mol. The van der Waals surface area contributed by atoms with Crippen molar-refractivity contribution >= 4 is 21.8 Å². The Kier molecular flexibility index (Phi) is 6.46. The number of carbonyl (C=O) groups is 1. The Labute approximate surface area is 161 Å². The SMILES string of the molecule is O=C(NCc1ccncc1)C(NCc1ccncc1)c1ccc(Br)cc1. The van der Waals surface area contributed by atoms with Crippen molar-refractivity contribution in [2.24, 2.45) is 0 Å². The molecule has 0 aliphatic carbocycles. The molecule has 0 saturated carbocycles. The van der Waals surface area contributed by atoms with Crippen molar-refractivity contribution in [3.05, 3.63) is 94.5 Å². The van der Waals surface area contributed by atoms with Crippen molar-refractivity contribution in [2.75, 3.05) is 0 Å². The number of pyridine rings is 2. The van der Waals surface area contributed by atoms with Crippen molar-refractivity contribution in [3.8, 4) is 0 Å². The molecule has 6 heteroatoms. The first-order valence-corrected chi connectivity index (χ1v) is 9.06. The van der Waals surface area contributed by atoms with Crippen LogP contribution in [0.15, 0.2) is 77.8 Å². The predicted molar refractivity (Wildman–Crippen MR) is 104 cm³/mol. The second-order valence-electron chi connectivity index (χ2n) is 5.79. The molecule has 3 aromatic rings. The van der Waals surface area contributed by atoms with Gasteiger partial charge in [0.25, 0.3) is 0 Å². The molecule has 3 rings (SSSR count). The topological polar surface area (TPSA) is 66.9 Å². The van der Waals surface area contributed by atoms with E-state index in [-0.39, 0.29) is 5.91 Å². The van der Waals surface area contributed by atoms with Gasteiger partial charge in [-0.3, -0.25) is 20.1 Å². The fourth-order valence-corrected chi connectivity index (χ4v) is 2.79. The standard InChI is InChI=1S/C20H19BrN4O/c21-18-3-1-17(2-4-18)19(24-13-15-5-9-22-10-6-15)20(26)25-14-16-7-11-23-12-8-16/h1-12,19,24H,13-14H2,(H,25,26). The Morgan fingerprint density at radius 1 is 0.846 bits per heavy atom. The first-order valence-electron chi connectivity index (χ1n) is 8.27. The highest BCUT2D eigenvalue weighted by atomic mass is 79.9. The Hall–Kier alpha value is -2.57. The van der Waals surface area contributed by atoms with Crippen LogP contribution in [0.25, 0.3) is 0 Å². The molecule has 1 amide bonds. The number of aromatic nitrogens is 2. The van der Waals surface area contributed by atoms with Gasteiger partial charge in [-0.15, -0.1) is 0 Å². The van der Waals surface area contributed by atoms with Crippen LogP contribution in [0.4, 0.5) is 0 Å². The number of hydrogen-bond donors (Lipinski definition) is 2. The first-order chi connectivity index (χ1) is 12.7. The number of carbonyl (C=O) groups excluding carboxylic acids is 1. The second kappa shape index (κ2) is 9.22. The van der Waals surface area contributed by atoms with Crippen molar-refractivity contribution in [1.82, 2.24) is 20.6 Å². The Morgan fingerprint density at radius 3 is 1.96 bits per heavy atom. The Morgan fingerprint density at radius 2 is 1.38 bits per heavy atom. The normalized spacial score (nSPS) is 11.7. The zero-order valence-corrected chi connectivity index (χ0v) is 15.7. The fraction of sp³-hybridized carbons (Fsp3) is 0.150. The summed E-state index contributed by atoms with van der Waals surface area (Å²) in [5.74, 6) is -0.0711. The third-order valence-electron chi connectivity index (χ3n) is 3.94. The van der Waals surface area contributed by atoms with Gasteiger partial charge in [-0.2, -0.15) is 0 Å². The minimum atomic E-state index is -0.446. The molecule has 0 bridgehead atoms. The van der Waals surface area contributed by atoms with E-state index in [1.165, 1.54) is 0 Å². The maximum atomic E-state index is 12.8. The van der Waals surface area contributed by atoms with E-state index in [1.807, 2.05) is 48.5 Å². The molecule has 0 aliphatic rings. The highest BCUT2D eigenvalue weighted by Gasteiger charge is 2.20. The zero-order chi connectivity index (χ0) is 18.2. The smallest absolute Gasteiger partial charge is 0.242 e. The van der Waals surface area contributed by atoms with E-state index in [1.54, 1.807) is 24.8 Å². The van der Waals surface area contributed by atoms with Crippen molar-refractivity contribution in [1.29, 1.82) is 0 Å². The lowest BCUT2D eigenvalue weighted by molar-refractivity contribution is -0.123. The van der Waals surface area contributed by atoms with Crippen LogP contribution in [0.1, 0.15) is 22.7 Å². The summed E-state index contributed by atoms with van der Waals surface area (Å²) in [4.78, 5) is 20.8. The van der Waals surface area contributed by atoms with Gasteiger partial charge in [-0.05, 0) is 53.1 Å². The van der Waals surface area contributed by atoms with Crippen LogP contribution in [-0.4, -0.2) is 15.9 Å². The van der Waals surface area contributed by atoms with Gasteiger partial charge in [-0.25, -0.2) is 0 Å². The molecule has 0 radical (unpaired) electrons. The van der Waals surface area contributed by atoms with E-state index in [4.69, 9.17) is 0 Å². The van der Waals surface area contributed by atoms with Gasteiger partial charge in [0.1, 0.15) is 6.04 Å². The number of halogens is 1. The fourth-order valence-electron chi connectivity index (χ4n) is 2.53. The maximum Gasteiger partial charge on any atom is 0.242 e. The molecule has 2 aromatic heterocycles. The number of nitrogens with zero attached hydrogens (tertiary/aromatic N) is 2. The highest BCUT2D eigenvalue weighted by Crippen LogP contribution is 2.18. The van der Waals surface area contributed by atoms with Crippen LogP contribution >= 0.6 is 15.9 Å². The molecule has 1 aromatic carbocycles. The number of benzene rings is 1. The molecule has 1 unspecified atom stereocenters. The number of rotatable bonds is 7. The third kappa shape index (κ3) is 5.21. The summed E-state index contributed by atoms with van der Waals surface area (Å²) in [6.07, 6.45) is 6.93. The van der Waals surface area contributed by atoms with Gasteiger partial charge in [0.2, 0.25) is 5.91 Å². The zero-order valence-electron chi connectivity index (χ0n) is 14.1. The van der Waals surface area contributed by atoms with Crippen molar-refractivity contribution < 1.29 is 4.79 Å². The molecule has 1 atom stereocenters. The molecule has 5 nitrogen and oxygen atoms in total. The lowest BCUT2D eigenvalue weighted by atomic mass is 10.1. The minimum absolute atomic E-state index is 0.0711. The molecule has 2 N–H and O–H groups in total. The van der Waals surface area contributed by atoms with E-state index in [0.29, 0.717) is 13.1 Å². The van der Waals surface area contributed by atoms with E-state index >= 15 is 0 Å². The number of hydrogen-bond acceptors (Lipinski definition) is 4. The van der Waals surface area contributed by atoms with Gasteiger partial charge in [0.15, 0.2) is 0 Å². The molecule has 26 heavy (non-hydrogen) atoms. The number of amides is 1. The van der Waals surface area contributed by atoms with Crippen LogP contribution in [0.5, 0.6) is 0 Å². The molecule has 0 spiro atoms. The summed E-state index contributed by atoms with van der Waals surface area (Å²) in [5.41, 5.74) is 3.00. The average Bonchev–Trinajstić information content (AvgIpc) is 2.69. The van der Waals surface area contributed by atoms with Crippen LogP contribution in [0.2, 0.25) is 0 Å². The molecule has 2 heterocycles. The largest absolute Gasteiger partial charge is 0.350 e. The summed E-state index contributed by atoms with van der Waals surface area (Å²) in [5, 5.41) is 6.34. The van der Waals surface area contributed by atoms with Crippen molar-refractivity contribution in [2.45, 2.75) is 19.1 Å². The summed E-state index contributed by atoms with van der Waals surface area (Å²) in [7, 11) is 0. The summed E-state index contributed by atoms with van der Waals surface area (Å²) < 4.78 is 0.978. The average molecular weight is 411 g/mol. The Balaban J connectivity index is 1.71. The maximum absolute atomic E-state index is 12.8. The third-order valence-corrected chi connectivity index (χ3v) is 4.47. The molecular formula is C20H19BrN4O. The lowest BCUT2D eigenvalue weighted by Gasteiger charge is -2.19. The van der Waals surface area contributed by atoms with E-state index in [0.717, 1.165) is 21.2 Å². The van der Waals surface area contributed by atoms with Gasteiger partial charge >= 0.3 is 0 Å². The number of nitrogens with one attached hydrogen (secondary N) is 2. The quantitative estimate of drug-likeness (QED) is 0.626. The summed E-state index contributed by atoms with van der Waals surface area (Å²) >= 11 is 3.43. The molecule has 132 valence electrons. The van der Waals surface area contributed by atoms with Crippen LogP contribution in [0, 0.1) is 0 Å². The van der Waals surface area contributed by atoms with E-state index in [2.05, 4.69) is 36.5 Å². The molecule has 0 fully saturated rings. The molecule has 0 saturated heterocycles. The summed E-state index contributed by atoms with van der Waals surface area (Å²) in [6, 6.07) is 15.0. The van der Waals surface area contributed by atoms with E-state index < -0.39 is 6.04 Å². The molecule has 0 aliphatic heterocycles. The van der Waals surface area contributed by atoms with E-state index in [9.17, 15) is 4.79 Å². The Bertz CT molecular complexity index is 825. The predicted octanol–water partition coefficient (Wildman–Crippen LogP) is 3.39. The lowest BCUT2D eigenvalue weighted by Crippen LogP contribution is -2.37. The van der Waals surface area contributed by atoms with Crippen LogP contribution in [-0.2, 0) is 17.9 Å².